The second-order valence-electron chi connectivity index (χ2n) is 6.75. The largest absolute Gasteiger partial charge is 0.368 e. The van der Waals surface area contributed by atoms with Crippen molar-refractivity contribution in [2.45, 2.75) is 25.4 Å². The molecule has 8 heteroatoms. The van der Waals surface area contributed by atoms with Crippen LogP contribution in [0.4, 0.5) is 0 Å². The van der Waals surface area contributed by atoms with Crippen LogP contribution in [0.25, 0.3) is 10.4 Å². The van der Waals surface area contributed by atoms with E-state index in [9.17, 15) is 4.79 Å². The number of benzene rings is 1. The Hall–Kier alpha value is -1.70. The van der Waals surface area contributed by atoms with E-state index in [-0.39, 0.29) is 12.5 Å². The fraction of sp³-hybridized carbons (Fsp3) is 0.368. The fourth-order valence-electron chi connectivity index (χ4n) is 3.35. The second-order valence-corrected chi connectivity index (χ2v) is 9.48. The third-order valence-electron chi connectivity index (χ3n) is 4.58. The first-order chi connectivity index (χ1) is 13.1. The van der Waals surface area contributed by atoms with E-state index in [0.29, 0.717) is 12.6 Å². The van der Waals surface area contributed by atoms with Gasteiger partial charge >= 0.3 is 0 Å². The molecule has 0 bridgehead atoms. The van der Waals surface area contributed by atoms with Gasteiger partial charge in [-0.1, -0.05) is 23.7 Å². The minimum Gasteiger partial charge on any atom is -0.368 e. The van der Waals surface area contributed by atoms with Crippen molar-refractivity contribution < 1.29 is 4.79 Å². The molecule has 1 atom stereocenters. The Morgan fingerprint density at radius 2 is 2.30 bits per heavy atom. The van der Waals surface area contributed by atoms with Gasteiger partial charge < -0.3 is 11.1 Å². The third-order valence-corrected chi connectivity index (χ3v) is 7.20. The summed E-state index contributed by atoms with van der Waals surface area (Å²) >= 11 is 9.85. The molecule has 3 heterocycles. The van der Waals surface area contributed by atoms with E-state index in [0.717, 1.165) is 39.0 Å². The Morgan fingerprint density at radius 1 is 1.41 bits per heavy atom. The molecule has 4 rings (SSSR count). The first kappa shape index (κ1) is 18.7. The maximum absolute atomic E-state index is 11.4. The van der Waals surface area contributed by atoms with E-state index >= 15 is 0 Å². The molecule has 2 aliphatic rings. The quantitative estimate of drug-likeness (QED) is 0.793. The summed E-state index contributed by atoms with van der Waals surface area (Å²) in [5.74, 6) is 2.77. The number of nitrogens with zero attached hydrogens (tertiary/aromatic N) is 2. The zero-order valence-electron chi connectivity index (χ0n) is 14.8. The molecule has 5 nitrogen and oxygen atoms in total. The van der Waals surface area contributed by atoms with Gasteiger partial charge in [0.15, 0.2) is 5.84 Å². The zero-order chi connectivity index (χ0) is 18.8. The van der Waals surface area contributed by atoms with Crippen LogP contribution in [0.2, 0.25) is 5.02 Å². The number of hydrogen-bond acceptors (Lipinski definition) is 6. The lowest BCUT2D eigenvalue weighted by atomic mass is 10.1. The van der Waals surface area contributed by atoms with Crippen molar-refractivity contribution in [2.75, 3.05) is 18.1 Å². The number of nitrogens with one attached hydrogen (secondary N) is 1. The fourth-order valence-corrected chi connectivity index (χ4v) is 5.78. The molecule has 142 valence electrons. The van der Waals surface area contributed by atoms with Crippen LogP contribution in [-0.4, -0.2) is 40.8 Å². The van der Waals surface area contributed by atoms with Gasteiger partial charge in [-0.05, 0) is 42.4 Å². The summed E-state index contributed by atoms with van der Waals surface area (Å²) in [5.41, 5.74) is 7.61. The molecule has 27 heavy (non-hydrogen) atoms. The van der Waals surface area contributed by atoms with Crippen LogP contribution in [0.3, 0.4) is 0 Å². The summed E-state index contributed by atoms with van der Waals surface area (Å²) in [6.45, 7) is 0.711. The van der Waals surface area contributed by atoms with Gasteiger partial charge in [0.2, 0.25) is 5.91 Å². The van der Waals surface area contributed by atoms with Crippen LogP contribution in [0, 0.1) is 0 Å². The Bertz CT molecular complexity index is 876. The zero-order valence-corrected chi connectivity index (χ0v) is 17.2. The van der Waals surface area contributed by atoms with Gasteiger partial charge in [0, 0.05) is 32.1 Å². The van der Waals surface area contributed by atoms with Crippen molar-refractivity contribution in [3.8, 4) is 10.4 Å². The number of rotatable bonds is 4. The number of amidine groups is 1. The smallest absolute Gasteiger partial charge is 0.238 e. The van der Waals surface area contributed by atoms with Crippen LogP contribution in [-0.2, 0) is 11.3 Å². The number of hydrazone groups is 1. The molecule has 1 amide bonds. The number of hydrogen-bond donors (Lipinski definition) is 2. The summed E-state index contributed by atoms with van der Waals surface area (Å²) in [6, 6.07) is 10.5. The first-order valence-electron chi connectivity index (χ1n) is 8.93. The number of fused-ring (bicyclic) bond motifs is 1. The highest BCUT2D eigenvalue weighted by Gasteiger charge is 2.26. The van der Waals surface area contributed by atoms with Crippen LogP contribution in [0.15, 0.2) is 35.4 Å². The number of thiophene rings is 1. The number of thioether (sulfide) groups is 1. The molecular weight excluding hydrogens is 400 g/mol. The topological polar surface area (TPSA) is 70.7 Å². The molecular formula is C19H21ClN4OS2. The average Bonchev–Trinajstić information content (AvgIpc) is 3.06. The lowest BCUT2D eigenvalue weighted by Crippen LogP contribution is -2.43. The number of amides is 1. The summed E-state index contributed by atoms with van der Waals surface area (Å²) in [7, 11) is 0. The van der Waals surface area contributed by atoms with Gasteiger partial charge in [-0.15, -0.1) is 11.3 Å². The number of carbonyl (C=O) groups is 1. The third kappa shape index (κ3) is 4.42. The Kier molecular flexibility index (Phi) is 5.61. The van der Waals surface area contributed by atoms with E-state index in [1.807, 2.05) is 30.0 Å². The maximum Gasteiger partial charge on any atom is 0.238 e. The number of carbonyl (C=O) groups excluding carboxylic acids is 1. The summed E-state index contributed by atoms with van der Waals surface area (Å²) in [5, 5.41) is 10.8. The Balaban J connectivity index is 1.65. The van der Waals surface area contributed by atoms with E-state index in [2.05, 4.69) is 17.4 Å². The standard InChI is InChI=1S/C19H21ClN4OS2/c20-13-4-1-3-12(7-13)16-8-15-17(27-16)9-24(10-18(21)25)23-19(15)22-14-5-2-6-26-11-14/h1,3-4,7-8,14H,2,5-6,9-11H2,(H2,21,25)(H,22,23). The molecule has 2 aromatic rings. The average molecular weight is 421 g/mol. The van der Waals surface area contributed by atoms with E-state index in [4.69, 9.17) is 22.4 Å². The monoisotopic (exact) mass is 420 g/mol. The highest BCUT2D eigenvalue weighted by molar-refractivity contribution is 7.99. The lowest BCUT2D eigenvalue weighted by molar-refractivity contribution is -0.119. The molecule has 0 spiro atoms. The van der Waals surface area contributed by atoms with Gasteiger partial charge in [-0.2, -0.15) is 16.9 Å². The molecule has 1 fully saturated rings. The van der Waals surface area contributed by atoms with Crippen molar-refractivity contribution >= 4 is 46.4 Å². The number of nitrogens with two attached hydrogens (primary N) is 1. The van der Waals surface area contributed by atoms with Gasteiger partial charge in [-0.25, -0.2) is 0 Å². The highest BCUT2D eigenvalue weighted by atomic mass is 35.5. The van der Waals surface area contributed by atoms with Crippen molar-refractivity contribution in [3.05, 3.63) is 45.8 Å². The Morgan fingerprint density at radius 3 is 3.04 bits per heavy atom. The molecule has 2 aliphatic heterocycles. The van der Waals surface area contributed by atoms with Gasteiger partial charge in [0.25, 0.3) is 0 Å². The molecule has 1 saturated heterocycles. The SMILES string of the molecule is NC(=O)CN1Cc2sc(-c3cccc(Cl)c3)cc2C(NC2CCCSC2)=N1. The predicted molar refractivity (Wildman–Crippen MR) is 114 cm³/mol. The van der Waals surface area contributed by atoms with E-state index in [1.165, 1.54) is 17.1 Å². The number of halogens is 1. The first-order valence-corrected chi connectivity index (χ1v) is 11.3. The van der Waals surface area contributed by atoms with E-state index < -0.39 is 0 Å². The van der Waals surface area contributed by atoms with Crippen molar-refractivity contribution in [1.82, 2.24) is 10.3 Å². The van der Waals surface area contributed by atoms with Gasteiger partial charge in [0.1, 0.15) is 6.54 Å². The maximum atomic E-state index is 11.4. The van der Waals surface area contributed by atoms with Crippen LogP contribution >= 0.6 is 34.7 Å². The molecule has 3 N–H and O–H groups in total. The van der Waals surface area contributed by atoms with Crippen LogP contribution in [0.5, 0.6) is 0 Å². The molecule has 1 unspecified atom stereocenters. The van der Waals surface area contributed by atoms with Crippen molar-refractivity contribution in [3.63, 3.8) is 0 Å². The molecule has 1 aromatic carbocycles. The molecule has 1 aromatic heterocycles. The normalized spacial score (nSPS) is 19.4. The van der Waals surface area contributed by atoms with Crippen molar-refractivity contribution in [2.24, 2.45) is 10.8 Å². The second kappa shape index (κ2) is 8.12. The number of primary amides is 1. The lowest BCUT2D eigenvalue weighted by Gasteiger charge is -2.29. The van der Waals surface area contributed by atoms with Gasteiger partial charge in [-0.3, -0.25) is 9.80 Å². The Labute approximate surface area is 172 Å². The summed E-state index contributed by atoms with van der Waals surface area (Å²) in [6.07, 6.45) is 2.35. The van der Waals surface area contributed by atoms with Gasteiger partial charge in [0.05, 0.1) is 6.54 Å². The van der Waals surface area contributed by atoms with E-state index in [1.54, 1.807) is 16.3 Å². The molecule has 0 saturated carbocycles. The summed E-state index contributed by atoms with van der Waals surface area (Å²) < 4.78 is 0. The van der Waals surface area contributed by atoms with Crippen LogP contribution < -0.4 is 11.1 Å². The summed E-state index contributed by atoms with van der Waals surface area (Å²) in [4.78, 5) is 13.8. The highest BCUT2D eigenvalue weighted by Crippen LogP contribution is 2.35. The minimum atomic E-state index is -0.374. The van der Waals surface area contributed by atoms with Crippen LogP contribution in [0.1, 0.15) is 23.3 Å². The molecule has 0 radical (unpaired) electrons. The molecule has 0 aliphatic carbocycles. The van der Waals surface area contributed by atoms with Crippen molar-refractivity contribution in [1.29, 1.82) is 0 Å². The minimum absolute atomic E-state index is 0.119. The predicted octanol–water partition coefficient (Wildman–Crippen LogP) is 3.52.